The minimum absolute atomic E-state index is 0.857. The average molecular weight is 355 g/mol. The van der Waals surface area contributed by atoms with Crippen molar-refractivity contribution < 1.29 is 0 Å². The molecule has 0 bridgehead atoms. The largest absolute Gasteiger partial charge is 0.357 e. The lowest BCUT2D eigenvalue weighted by Gasteiger charge is -2.36. The van der Waals surface area contributed by atoms with E-state index in [1.807, 2.05) is 17.5 Å². The summed E-state index contributed by atoms with van der Waals surface area (Å²) in [6.07, 6.45) is 11.1. The van der Waals surface area contributed by atoms with Crippen molar-refractivity contribution in [1.29, 1.82) is 0 Å². The second-order valence-electron chi connectivity index (χ2n) is 7.61. The van der Waals surface area contributed by atoms with Crippen LogP contribution >= 0.6 is 11.3 Å². The van der Waals surface area contributed by atoms with Crippen molar-refractivity contribution >= 4 is 17.2 Å². The molecule has 0 spiro atoms. The van der Waals surface area contributed by atoms with Crippen molar-refractivity contribution in [2.24, 2.45) is 0 Å². The Hall–Kier alpha value is -1.46. The quantitative estimate of drug-likeness (QED) is 0.840. The summed E-state index contributed by atoms with van der Waals surface area (Å²) in [7, 11) is 0. The molecule has 0 amide bonds. The third-order valence-corrected chi connectivity index (χ3v) is 7.26. The van der Waals surface area contributed by atoms with Gasteiger partial charge in [0.05, 0.1) is 5.69 Å². The molecule has 2 aromatic heterocycles. The van der Waals surface area contributed by atoms with E-state index in [0.29, 0.717) is 0 Å². The standard InChI is InChI=1S/C20H26N4S/c1-2-11-24(10-1)19-7-6-15(14-21-19)20-22-17-8-12-23(16-4-3-5-16)13-9-18(17)25-20/h6-7,14,16H,1-5,8-13H2. The lowest BCUT2D eigenvalue weighted by atomic mass is 9.91. The summed E-state index contributed by atoms with van der Waals surface area (Å²) in [6, 6.07) is 5.24. The van der Waals surface area contributed by atoms with Crippen molar-refractivity contribution in [2.75, 3.05) is 31.1 Å². The highest BCUT2D eigenvalue weighted by molar-refractivity contribution is 7.15. The molecule has 3 aliphatic rings. The fraction of sp³-hybridized carbons (Fsp3) is 0.600. The first-order valence-corrected chi connectivity index (χ1v) is 10.6. The monoisotopic (exact) mass is 354 g/mol. The number of aromatic nitrogens is 2. The van der Waals surface area contributed by atoms with Crippen LogP contribution in [0.25, 0.3) is 10.6 Å². The molecule has 4 nitrogen and oxygen atoms in total. The van der Waals surface area contributed by atoms with Crippen LogP contribution in [0.15, 0.2) is 18.3 Å². The molecule has 132 valence electrons. The topological polar surface area (TPSA) is 32.3 Å². The van der Waals surface area contributed by atoms with E-state index < -0.39 is 0 Å². The Kier molecular flexibility index (Phi) is 4.22. The van der Waals surface area contributed by atoms with Crippen LogP contribution in [0.5, 0.6) is 0 Å². The summed E-state index contributed by atoms with van der Waals surface area (Å²) < 4.78 is 0. The van der Waals surface area contributed by atoms with Crippen molar-refractivity contribution in [3.8, 4) is 10.6 Å². The van der Waals surface area contributed by atoms with Gasteiger partial charge in [0.15, 0.2) is 0 Å². The number of pyridine rings is 1. The summed E-state index contributed by atoms with van der Waals surface area (Å²) >= 11 is 1.89. The van der Waals surface area contributed by atoms with Gasteiger partial charge in [0.2, 0.25) is 0 Å². The third-order valence-electron chi connectivity index (χ3n) is 6.06. The second kappa shape index (κ2) is 6.69. The minimum Gasteiger partial charge on any atom is -0.357 e. The van der Waals surface area contributed by atoms with E-state index in [2.05, 4.69) is 21.9 Å². The second-order valence-corrected chi connectivity index (χ2v) is 8.69. The van der Waals surface area contributed by atoms with Crippen molar-refractivity contribution in [1.82, 2.24) is 14.9 Å². The number of hydrogen-bond donors (Lipinski definition) is 0. The molecule has 2 fully saturated rings. The number of nitrogens with zero attached hydrogens (tertiary/aromatic N) is 4. The van der Waals surface area contributed by atoms with Gasteiger partial charge in [0, 0.05) is 55.3 Å². The average Bonchev–Trinajstić information content (AvgIpc) is 3.23. The van der Waals surface area contributed by atoms with Crippen LogP contribution in [-0.4, -0.2) is 47.1 Å². The van der Waals surface area contributed by atoms with Crippen LogP contribution in [0.3, 0.4) is 0 Å². The molecule has 4 heterocycles. The first-order chi connectivity index (χ1) is 12.4. The normalized spacial score (nSPS) is 21.8. The number of fused-ring (bicyclic) bond motifs is 1. The molecule has 2 aromatic rings. The molecule has 0 radical (unpaired) electrons. The number of anilines is 1. The van der Waals surface area contributed by atoms with Gasteiger partial charge in [-0.15, -0.1) is 11.3 Å². The van der Waals surface area contributed by atoms with Crippen LogP contribution in [0, 0.1) is 0 Å². The van der Waals surface area contributed by atoms with E-state index >= 15 is 0 Å². The fourth-order valence-electron chi connectivity index (χ4n) is 4.27. The van der Waals surface area contributed by atoms with Gasteiger partial charge in [0.1, 0.15) is 10.8 Å². The first-order valence-electron chi connectivity index (χ1n) is 9.81. The Labute approximate surface area is 153 Å². The highest BCUT2D eigenvalue weighted by atomic mass is 32.1. The number of hydrogen-bond acceptors (Lipinski definition) is 5. The summed E-state index contributed by atoms with van der Waals surface area (Å²) in [5.41, 5.74) is 2.52. The number of rotatable bonds is 3. The van der Waals surface area contributed by atoms with Gasteiger partial charge < -0.3 is 4.90 Å². The van der Waals surface area contributed by atoms with E-state index in [-0.39, 0.29) is 0 Å². The first kappa shape index (κ1) is 15.8. The molecular weight excluding hydrogens is 328 g/mol. The van der Waals surface area contributed by atoms with Crippen LogP contribution in [0.1, 0.15) is 42.7 Å². The number of thiazole rings is 1. The minimum atomic E-state index is 0.857. The lowest BCUT2D eigenvalue weighted by Crippen LogP contribution is -2.41. The molecule has 1 saturated carbocycles. The Morgan fingerprint density at radius 3 is 2.52 bits per heavy atom. The van der Waals surface area contributed by atoms with Gasteiger partial charge in [-0.2, -0.15) is 0 Å². The van der Waals surface area contributed by atoms with Crippen LogP contribution in [-0.2, 0) is 12.8 Å². The summed E-state index contributed by atoms with van der Waals surface area (Å²) in [6.45, 7) is 4.70. The van der Waals surface area contributed by atoms with Gasteiger partial charge in [-0.3, -0.25) is 4.90 Å². The zero-order valence-corrected chi connectivity index (χ0v) is 15.6. The lowest BCUT2D eigenvalue weighted by molar-refractivity contribution is 0.133. The SMILES string of the molecule is c1cc(N2CCCC2)ncc1-c1nc2c(s1)CCN(C1CCC1)CC2. The maximum atomic E-state index is 4.98. The molecule has 1 aliphatic carbocycles. The van der Waals surface area contributed by atoms with E-state index in [9.17, 15) is 0 Å². The fourth-order valence-corrected chi connectivity index (χ4v) is 5.35. The Morgan fingerprint density at radius 1 is 0.960 bits per heavy atom. The van der Waals surface area contributed by atoms with Crippen LogP contribution in [0.2, 0.25) is 0 Å². The molecule has 0 aromatic carbocycles. The summed E-state index contributed by atoms with van der Waals surface area (Å²) in [4.78, 5) is 16.3. The van der Waals surface area contributed by atoms with E-state index in [1.54, 1.807) is 0 Å². The van der Waals surface area contributed by atoms with E-state index in [0.717, 1.165) is 36.4 Å². The van der Waals surface area contributed by atoms with Crippen molar-refractivity contribution in [3.05, 3.63) is 28.9 Å². The Bertz CT molecular complexity index is 703. The maximum Gasteiger partial charge on any atom is 0.128 e. The molecular formula is C20H26N4S. The van der Waals surface area contributed by atoms with E-state index in [1.165, 1.54) is 67.7 Å². The third kappa shape index (κ3) is 3.08. The smallest absolute Gasteiger partial charge is 0.128 e. The maximum absolute atomic E-state index is 4.98. The molecule has 0 unspecified atom stereocenters. The molecule has 2 aliphatic heterocycles. The molecule has 0 atom stereocenters. The van der Waals surface area contributed by atoms with Crippen molar-refractivity contribution in [3.63, 3.8) is 0 Å². The predicted molar refractivity (Wildman–Crippen MR) is 103 cm³/mol. The Morgan fingerprint density at radius 2 is 1.80 bits per heavy atom. The molecule has 5 heteroatoms. The van der Waals surface area contributed by atoms with Crippen LogP contribution < -0.4 is 4.90 Å². The van der Waals surface area contributed by atoms with Crippen LogP contribution in [0.4, 0.5) is 5.82 Å². The Balaban J connectivity index is 1.31. The summed E-state index contributed by atoms with van der Waals surface area (Å²) in [5, 5.41) is 1.16. The van der Waals surface area contributed by atoms with Gasteiger partial charge in [-0.05, 0) is 44.2 Å². The predicted octanol–water partition coefficient (Wildman–Crippen LogP) is 3.76. The highest BCUT2D eigenvalue weighted by Crippen LogP contribution is 2.33. The zero-order chi connectivity index (χ0) is 16.6. The van der Waals surface area contributed by atoms with Gasteiger partial charge >= 0.3 is 0 Å². The van der Waals surface area contributed by atoms with E-state index in [4.69, 9.17) is 9.97 Å². The summed E-state index contributed by atoms with van der Waals surface area (Å²) in [5.74, 6) is 1.12. The molecule has 1 saturated heterocycles. The molecule has 5 rings (SSSR count). The molecule has 0 N–H and O–H groups in total. The van der Waals surface area contributed by atoms with Gasteiger partial charge in [0.25, 0.3) is 0 Å². The van der Waals surface area contributed by atoms with Gasteiger partial charge in [-0.1, -0.05) is 6.42 Å². The highest BCUT2D eigenvalue weighted by Gasteiger charge is 2.27. The van der Waals surface area contributed by atoms with Crippen molar-refractivity contribution in [2.45, 2.75) is 51.0 Å². The molecule has 25 heavy (non-hydrogen) atoms. The van der Waals surface area contributed by atoms with Gasteiger partial charge in [-0.25, -0.2) is 9.97 Å². The zero-order valence-electron chi connectivity index (χ0n) is 14.8.